The Morgan fingerprint density at radius 3 is 3.19 bits per heavy atom. The average Bonchev–Trinajstić information content (AvgIpc) is 3.15. The minimum atomic E-state index is -0.0960. The number of nitrogens with zero attached hydrogens (tertiary/aromatic N) is 4. The third kappa shape index (κ3) is 3.42. The highest BCUT2D eigenvalue weighted by molar-refractivity contribution is 5.92. The van der Waals surface area contributed by atoms with Crippen LogP contribution in [0.3, 0.4) is 0 Å². The predicted octanol–water partition coefficient (Wildman–Crippen LogP) is 1.11. The minimum Gasteiger partial charge on any atom is -0.356 e. The Hall–Kier alpha value is -2.31. The van der Waals surface area contributed by atoms with E-state index in [1.165, 1.54) is 0 Å². The molecule has 0 fully saturated rings. The molecule has 0 spiro atoms. The second kappa shape index (κ2) is 6.43. The first-order valence-corrected chi connectivity index (χ1v) is 7.38. The monoisotopic (exact) mass is 288 g/mol. The first-order chi connectivity index (χ1) is 10.3. The maximum absolute atomic E-state index is 12.0. The Labute approximate surface area is 123 Å². The van der Waals surface area contributed by atoms with Crippen LogP contribution in [0.5, 0.6) is 0 Å². The van der Waals surface area contributed by atoms with Gasteiger partial charge in [0.05, 0.1) is 6.33 Å². The number of hydrogen-bond acceptors (Lipinski definition) is 4. The van der Waals surface area contributed by atoms with Crippen molar-refractivity contribution in [2.24, 2.45) is 0 Å². The predicted molar refractivity (Wildman–Crippen MR) is 79.1 cm³/mol. The van der Waals surface area contributed by atoms with Crippen LogP contribution in [0.15, 0.2) is 24.9 Å². The van der Waals surface area contributed by atoms with E-state index in [-0.39, 0.29) is 5.91 Å². The van der Waals surface area contributed by atoms with Crippen LogP contribution in [-0.4, -0.2) is 38.1 Å². The van der Waals surface area contributed by atoms with Gasteiger partial charge in [0.25, 0.3) is 5.91 Å². The van der Waals surface area contributed by atoms with Crippen LogP contribution in [0.4, 0.5) is 5.95 Å². The molecular formula is C14H20N6O. The molecule has 2 aromatic rings. The normalized spacial score (nSPS) is 13.5. The SMILES string of the molecule is O=C(NCCCCn1ccnc1)c1cn2c(n1)NCCC2. The van der Waals surface area contributed by atoms with Crippen molar-refractivity contribution in [3.05, 3.63) is 30.6 Å². The summed E-state index contributed by atoms with van der Waals surface area (Å²) < 4.78 is 4.04. The number of aryl methyl sites for hydroxylation is 2. The summed E-state index contributed by atoms with van der Waals surface area (Å²) in [5, 5.41) is 6.11. The molecule has 21 heavy (non-hydrogen) atoms. The fourth-order valence-electron chi connectivity index (χ4n) is 2.42. The standard InChI is InChI=1S/C14H20N6O/c21-13(12-10-20-8-3-5-17-14(20)18-12)16-4-1-2-7-19-9-6-15-11-19/h6,9-11H,1-5,7-8H2,(H,16,21)(H,17,18). The number of unbranched alkanes of at least 4 members (excludes halogenated alkanes) is 1. The number of carbonyl (C=O) groups excluding carboxylic acids is 1. The number of imidazole rings is 2. The number of nitrogens with one attached hydrogen (secondary N) is 2. The van der Waals surface area contributed by atoms with Crippen LogP contribution in [0, 0.1) is 0 Å². The molecule has 2 N–H and O–H groups in total. The third-order valence-electron chi connectivity index (χ3n) is 3.56. The molecule has 0 bridgehead atoms. The molecule has 0 aromatic carbocycles. The molecule has 7 heteroatoms. The smallest absolute Gasteiger partial charge is 0.271 e. The van der Waals surface area contributed by atoms with Crippen molar-refractivity contribution < 1.29 is 4.79 Å². The van der Waals surface area contributed by atoms with E-state index in [9.17, 15) is 4.79 Å². The van der Waals surface area contributed by atoms with Gasteiger partial charge < -0.3 is 19.8 Å². The molecule has 1 aliphatic rings. The zero-order valence-electron chi connectivity index (χ0n) is 12.0. The molecule has 1 aliphatic heterocycles. The molecule has 3 rings (SSSR count). The van der Waals surface area contributed by atoms with Crippen LogP contribution >= 0.6 is 0 Å². The first kappa shape index (κ1) is 13.7. The third-order valence-corrected chi connectivity index (χ3v) is 3.56. The topological polar surface area (TPSA) is 76.8 Å². The maximum atomic E-state index is 12.0. The number of rotatable bonds is 6. The van der Waals surface area contributed by atoms with Crippen LogP contribution in [-0.2, 0) is 13.1 Å². The molecule has 3 heterocycles. The molecule has 112 valence electrons. The van der Waals surface area contributed by atoms with E-state index in [0.717, 1.165) is 44.8 Å². The minimum absolute atomic E-state index is 0.0960. The molecule has 0 saturated heterocycles. The number of carbonyl (C=O) groups is 1. The lowest BCUT2D eigenvalue weighted by atomic mass is 10.3. The van der Waals surface area contributed by atoms with Gasteiger partial charge >= 0.3 is 0 Å². The van der Waals surface area contributed by atoms with Gasteiger partial charge in [-0.3, -0.25) is 4.79 Å². The molecule has 0 radical (unpaired) electrons. The summed E-state index contributed by atoms with van der Waals surface area (Å²) in [4.78, 5) is 20.3. The lowest BCUT2D eigenvalue weighted by molar-refractivity contribution is 0.0948. The van der Waals surface area contributed by atoms with Gasteiger partial charge in [-0.15, -0.1) is 0 Å². The van der Waals surface area contributed by atoms with Crippen molar-refractivity contribution in [1.82, 2.24) is 24.4 Å². The van der Waals surface area contributed by atoms with Gasteiger partial charge in [-0.05, 0) is 19.3 Å². The first-order valence-electron chi connectivity index (χ1n) is 7.38. The van der Waals surface area contributed by atoms with Gasteiger partial charge in [-0.2, -0.15) is 0 Å². The van der Waals surface area contributed by atoms with Crippen LogP contribution in [0.2, 0.25) is 0 Å². The fourth-order valence-corrected chi connectivity index (χ4v) is 2.42. The van der Waals surface area contributed by atoms with Crippen molar-refractivity contribution in [2.45, 2.75) is 32.4 Å². The summed E-state index contributed by atoms with van der Waals surface area (Å²) in [6, 6.07) is 0. The van der Waals surface area contributed by atoms with Crippen molar-refractivity contribution in [1.29, 1.82) is 0 Å². The molecule has 0 aliphatic carbocycles. The number of hydrogen-bond donors (Lipinski definition) is 2. The summed E-state index contributed by atoms with van der Waals surface area (Å²) in [5.74, 6) is 0.702. The molecule has 7 nitrogen and oxygen atoms in total. The van der Waals surface area contributed by atoms with E-state index in [1.54, 1.807) is 12.5 Å². The summed E-state index contributed by atoms with van der Waals surface area (Å²) in [5.41, 5.74) is 0.494. The summed E-state index contributed by atoms with van der Waals surface area (Å²) in [6.45, 7) is 3.45. The van der Waals surface area contributed by atoms with E-state index in [1.807, 2.05) is 21.5 Å². The average molecular weight is 288 g/mol. The Bertz CT molecular complexity index is 565. The number of anilines is 1. The van der Waals surface area contributed by atoms with E-state index in [0.29, 0.717) is 12.2 Å². The number of amides is 1. The Morgan fingerprint density at radius 1 is 1.43 bits per heavy atom. The van der Waals surface area contributed by atoms with Gasteiger partial charge in [0.1, 0.15) is 5.69 Å². The summed E-state index contributed by atoms with van der Waals surface area (Å²) in [7, 11) is 0. The zero-order valence-corrected chi connectivity index (χ0v) is 12.0. The Morgan fingerprint density at radius 2 is 2.38 bits per heavy atom. The van der Waals surface area contributed by atoms with E-state index < -0.39 is 0 Å². The van der Waals surface area contributed by atoms with Gasteiger partial charge in [0.15, 0.2) is 0 Å². The van der Waals surface area contributed by atoms with E-state index in [4.69, 9.17) is 0 Å². The van der Waals surface area contributed by atoms with Gasteiger partial charge in [0, 0.05) is 44.8 Å². The fraction of sp³-hybridized carbons (Fsp3) is 0.500. The van der Waals surface area contributed by atoms with Gasteiger partial charge in [0.2, 0.25) is 5.95 Å². The van der Waals surface area contributed by atoms with Gasteiger partial charge in [-0.1, -0.05) is 0 Å². The van der Waals surface area contributed by atoms with Crippen molar-refractivity contribution in [2.75, 3.05) is 18.4 Å². The molecule has 1 amide bonds. The molecule has 0 unspecified atom stereocenters. The second-order valence-electron chi connectivity index (χ2n) is 5.19. The summed E-state index contributed by atoms with van der Waals surface area (Å²) >= 11 is 0. The lowest BCUT2D eigenvalue weighted by Crippen LogP contribution is -2.25. The van der Waals surface area contributed by atoms with Crippen molar-refractivity contribution in [3.8, 4) is 0 Å². The molecule has 0 atom stereocenters. The highest BCUT2D eigenvalue weighted by Crippen LogP contribution is 2.13. The summed E-state index contributed by atoms with van der Waals surface area (Å²) in [6.07, 6.45) is 10.4. The van der Waals surface area contributed by atoms with Crippen LogP contribution < -0.4 is 10.6 Å². The van der Waals surface area contributed by atoms with Crippen molar-refractivity contribution >= 4 is 11.9 Å². The highest BCUT2D eigenvalue weighted by Gasteiger charge is 2.15. The van der Waals surface area contributed by atoms with E-state index in [2.05, 4.69) is 20.6 Å². The van der Waals surface area contributed by atoms with Gasteiger partial charge in [-0.25, -0.2) is 9.97 Å². The van der Waals surface area contributed by atoms with Crippen LogP contribution in [0.25, 0.3) is 0 Å². The Kier molecular flexibility index (Phi) is 4.18. The molecule has 0 saturated carbocycles. The van der Waals surface area contributed by atoms with E-state index >= 15 is 0 Å². The quantitative estimate of drug-likeness (QED) is 0.781. The van der Waals surface area contributed by atoms with Crippen LogP contribution in [0.1, 0.15) is 29.8 Å². The largest absolute Gasteiger partial charge is 0.356 e. The lowest BCUT2D eigenvalue weighted by Gasteiger charge is -2.14. The number of fused-ring (bicyclic) bond motifs is 1. The van der Waals surface area contributed by atoms with Crippen molar-refractivity contribution in [3.63, 3.8) is 0 Å². The molecule has 2 aromatic heterocycles. The zero-order chi connectivity index (χ0) is 14.5. The maximum Gasteiger partial charge on any atom is 0.271 e. The second-order valence-corrected chi connectivity index (χ2v) is 5.19. The molecular weight excluding hydrogens is 268 g/mol. The Balaban J connectivity index is 1.40. The highest BCUT2D eigenvalue weighted by atomic mass is 16.1. The number of aromatic nitrogens is 4.